The maximum atomic E-state index is 2.30. The van der Waals surface area contributed by atoms with Crippen molar-refractivity contribution >= 4 is 60.8 Å². The first-order valence-electron chi connectivity index (χ1n) is 8.58. The van der Waals surface area contributed by atoms with Crippen LogP contribution in [0.1, 0.15) is 25.3 Å². The van der Waals surface area contributed by atoms with Gasteiger partial charge < -0.3 is 0 Å². The Morgan fingerprint density at radius 3 is 1.71 bits per heavy atom. The van der Waals surface area contributed by atoms with E-state index >= 15 is 0 Å². The third kappa shape index (κ3) is 4.75. The van der Waals surface area contributed by atoms with E-state index in [0.717, 1.165) is 6.42 Å². The molecule has 0 nitrogen and oxygen atoms in total. The van der Waals surface area contributed by atoms with E-state index in [1.165, 1.54) is 34.8 Å². The molecule has 0 fully saturated rings. The fourth-order valence-corrected chi connectivity index (χ4v) is 3.25. The molecule has 0 N–H and O–H groups in total. The van der Waals surface area contributed by atoms with Gasteiger partial charge in [0.2, 0.25) is 6.71 Å². The Morgan fingerprint density at radius 2 is 1.17 bits per heavy atom. The summed E-state index contributed by atoms with van der Waals surface area (Å²) in [4.78, 5) is 0. The Balaban J connectivity index is 0.00000208. The van der Waals surface area contributed by atoms with Gasteiger partial charge in [0.05, 0.1) is 0 Å². The molecule has 0 saturated carbocycles. The zero-order valence-electron chi connectivity index (χ0n) is 14.5. The summed E-state index contributed by atoms with van der Waals surface area (Å²) < 4.78 is 0. The summed E-state index contributed by atoms with van der Waals surface area (Å²) >= 11 is 0. The van der Waals surface area contributed by atoms with Crippen LogP contribution in [-0.4, -0.2) is 44.5 Å². The normalized spacial score (nSPS) is 10.0. The van der Waals surface area contributed by atoms with Crippen LogP contribution in [0.2, 0.25) is 0 Å². The van der Waals surface area contributed by atoms with Gasteiger partial charge in [0, 0.05) is 37.7 Å². The summed E-state index contributed by atoms with van der Waals surface area (Å²) in [6.07, 6.45) is 3.63. The van der Waals surface area contributed by atoms with Gasteiger partial charge in [-0.3, -0.25) is 0 Å². The molecule has 0 atom stereocenters. The third-order valence-electron chi connectivity index (χ3n) is 4.43. The molecule has 0 aromatic heterocycles. The van der Waals surface area contributed by atoms with Crippen LogP contribution in [-0.2, 0) is 6.42 Å². The van der Waals surface area contributed by atoms with E-state index in [4.69, 9.17) is 0 Å². The van der Waals surface area contributed by atoms with Crippen LogP contribution in [0, 0.1) is 0 Å². The van der Waals surface area contributed by atoms with Gasteiger partial charge in [0.25, 0.3) is 0 Å². The molecular weight excluding hydrogens is 315 g/mol. The first-order valence-corrected chi connectivity index (χ1v) is 8.58. The van der Waals surface area contributed by atoms with E-state index in [2.05, 4.69) is 91.9 Å². The summed E-state index contributed by atoms with van der Waals surface area (Å²) in [6, 6.07) is 30.7. The van der Waals surface area contributed by atoms with E-state index < -0.39 is 0 Å². The van der Waals surface area contributed by atoms with Gasteiger partial charge in [-0.05, 0) is 12.8 Å². The molecule has 24 heavy (non-hydrogen) atoms. The summed E-state index contributed by atoms with van der Waals surface area (Å²) in [5.41, 5.74) is 5.65. The first kappa shape index (κ1) is 19.3. The topological polar surface area (TPSA) is 0 Å². The van der Waals surface area contributed by atoms with Gasteiger partial charge in [0.1, 0.15) is 0 Å². The monoisotopic (exact) mass is 338 g/mol. The second-order valence-corrected chi connectivity index (χ2v) is 6.06. The van der Waals surface area contributed by atoms with Crippen LogP contribution in [0.3, 0.4) is 0 Å². The van der Waals surface area contributed by atoms with Crippen molar-refractivity contribution in [2.45, 2.75) is 26.2 Å². The largest absolute Gasteiger partial charge is 0.241 e. The van der Waals surface area contributed by atoms with E-state index in [9.17, 15) is 0 Å². The van der Waals surface area contributed by atoms with Crippen LogP contribution in [0.25, 0.3) is 0 Å². The molecule has 0 aliphatic heterocycles. The zero-order valence-corrected chi connectivity index (χ0v) is 16.7. The zero-order chi connectivity index (χ0) is 15.9. The van der Waals surface area contributed by atoms with Crippen molar-refractivity contribution < 1.29 is 0 Å². The van der Waals surface area contributed by atoms with Crippen molar-refractivity contribution in [1.29, 1.82) is 0 Å². The van der Waals surface area contributed by atoms with Crippen molar-refractivity contribution in [3.63, 3.8) is 0 Å². The first-order chi connectivity index (χ1) is 11.4. The molecule has 0 heterocycles. The molecule has 2 heteroatoms. The summed E-state index contributed by atoms with van der Waals surface area (Å²) in [5.74, 6) is 0. The molecule has 0 spiro atoms. The quantitative estimate of drug-likeness (QED) is 0.606. The van der Waals surface area contributed by atoms with E-state index in [-0.39, 0.29) is 37.7 Å². The summed E-state index contributed by atoms with van der Waals surface area (Å²) in [5, 5.41) is 0. The molecule has 0 unspecified atom stereocenters. The number of hydrogen-bond acceptors (Lipinski definition) is 0. The van der Waals surface area contributed by atoms with Crippen molar-refractivity contribution in [2.24, 2.45) is 0 Å². The molecule has 116 valence electrons. The number of unbranched alkanes of at least 4 members (excludes halogenated alkanes) is 1. The Kier molecular flexibility index (Phi) is 8.11. The van der Waals surface area contributed by atoms with Crippen LogP contribution in [0.4, 0.5) is 0 Å². The second-order valence-electron chi connectivity index (χ2n) is 6.06. The summed E-state index contributed by atoms with van der Waals surface area (Å²) in [6.45, 7) is 2.57. The fraction of sp³-hybridized carbons (Fsp3) is 0.182. The van der Waals surface area contributed by atoms with Gasteiger partial charge in [-0.25, -0.2) is 0 Å². The Bertz CT molecular complexity index is 686. The van der Waals surface area contributed by atoms with Crippen molar-refractivity contribution in [2.75, 3.05) is 0 Å². The van der Waals surface area contributed by atoms with Crippen molar-refractivity contribution in [3.05, 3.63) is 90.5 Å². The van der Waals surface area contributed by atoms with Crippen LogP contribution in [0.5, 0.6) is 0 Å². The molecule has 3 rings (SSSR count). The predicted molar refractivity (Wildman–Crippen MR) is 108 cm³/mol. The number of benzene rings is 3. The number of hydrogen-bond donors (Lipinski definition) is 0. The number of rotatable bonds is 6. The fourth-order valence-electron chi connectivity index (χ4n) is 3.25. The van der Waals surface area contributed by atoms with Gasteiger partial charge in [-0.1, -0.05) is 120 Å². The molecule has 0 aliphatic carbocycles. The predicted octanol–water partition coefficient (Wildman–Crippen LogP) is 3.16. The third-order valence-corrected chi connectivity index (χ3v) is 4.43. The minimum atomic E-state index is 0. The Labute approximate surface area is 176 Å². The van der Waals surface area contributed by atoms with Gasteiger partial charge in [-0.15, -0.1) is 0 Å². The van der Waals surface area contributed by atoms with E-state index in [0.29, 0.717) is 6.71 Å². The molecule has 0 aliphatic rings. The van der Waals surface area contributed by atoms with Gasteiger partial charge in [0.15, 0.2) is 0 Å². The molecule has 0 bridgehead atoms. The molecular formula is C22H23BCa. The molecule has 3 aromatic rings. The van der Waals surface area contributed by atoms with Crippen molar-refractivity contribution in [1.82, 2.24) is 0 Å². The summed E-state index contributed by atoms with van der Waals surface area (Å²) in [7, 11) is 0. The SMILES string of the molecule is CCCCc1ccccc1B(c1ccccc1)c1ccccc1.[Ca]. The second kappa shape index (κ2) is 10.1. The van der Waals surface area contributed by atoms with Crippen LogP contribution in [0.15, 0.2) is 84.9 Å². The molecule has 2 radical (unpaired) electrons. The van der Waals surface area contributed by atoms with E-state index in [1.807, 2.05) is 0 Å². The molecule has 3 aromatic carbocycles. The Hall–Kier alpha value is -1.02. The van der Waals surface area contributed by atoms with Crippen LogP contribution >= 0.6 is 0 Å². The van der Waals surface area contributed by atoms with Crippen LogP contribution < -0.4 is 16.4 Å². The minimum absolute atomic E-state index is 0. The maximum Gasteiger partial charge on any atom is 0.241 e. The smallest absolute Gasteiger partial charge is 0.0687 e. The van der Waals surface area contributed by atoms with Gasteiger partial charge in [-0.2, -0.15) is 0 Å². The Morgan fingerprint density at radius 1 is 0.667 bits per heavy atom. The molecule has 0 amide bonds. The molecule has 0 saturated heterocycles. The van der Waals surface area contributed by atoms with E-state index in [1.54, 1.807) is 0 Å². The van der Waals surface area contributed by atoms with Gasteiger partial charge >= 0.3 is 0 Å². The van der Waals surface area contributed by atoms with Crippen molar-refractivity contribution in [3.8, 4) is 0 Å². The maximum absolute atomic E-state index is 2.30. The average molecular weight is 338 g/mol. The standard InChI is InChI=1S/C22H23B.Ca/c1-2-3-12-19-13-10-11-18-22(19)23(20-14-6-4-7-15-20)21-16-8-5-9-17-21;/h4-11,13-18H,2-3,12H2,1H3;. The number of aryl methyl sites for hydroxylation is 1. The minimum Gasteiger partial charge on any atom is -0.0687 e. The average Bonchev–Trinajstić information content (AvgIpc) is 2.63.